The smallest absolute Gasteiger partial charge is 0.427 e. The number of hydrogen-bond donors (Lipinski definition) is 2. The molecule has 0 unspecified atom stereocenters. The predicted octanol–water partition coefficient (Wildman–Crippen LogP) is 4.69. The van der Waals surface area contributed by atoms with Gasteiger partial charge in [0.15, 0.2) is 0 Å². The van der Waals surface area contributed by atoms with Gasteiger partial charge in [-0.15, -0.1) is 0 Å². The SMILES string of the molecule is CCOC(=O)NN=C(c1ccc(C)cc1)c1ccc(Br)cc1CS. The molecule has 2 aromatic carbocycles. The third kappa shape index (κ3) is 4.85. The normalized spacial score (nSPS) is 11.2. The highest BCUT2D eigenvalue weighted by molar-refractivity contribution is 9.10. The largest absolute Gasteiger partial charge is 0.449 e. The number of amides is 1. The van der Waals surface area contributed by atoms with E-state index in [-0.39, 0.29) is 0 Å². The van der Waals surface area contributed by atoms with Crippen LogP contribution < -0.4 is 5.43 Å². The fraction of sp³-hybridized carbons (Fsp3) is 0.222. The first kappa shape index (κ1) is 18.5. The first-order valence-corrected chi connectivity index (χ1v) is 8.94. The van der Waals surface area contributed by atoms with Gasteiger partial charge in [0, 0.05) is 21.4 Å². The molecule has 2 rings (SSSR count). The number of nitrogens with one attached hydrogen (secondary N) is 1. The number of halogens is 1. The summed E-state index contributed by atoms with van der Waals surface area (Å²) in [4.78, 5) is 11.6. The molecule has 0 spiro atoms. The molecule has 0 bridgehead atoms. The molecule has 4 nitrogen and oxygen atoms in total. The molecule has 24 heavy (non-hydrogen) atoms. The Morgan fingerprint density at radius 2 is 1.96 bits per heavy atom. The number of carbonyl (C=O) groups is 1. The highest BCUT2D eigenvalue weighted by atomic mass is 79.9. The van der Waals surface area contributed by atoms with Crippen LogP contribution in [0.3, 0.4) is 0 Å². The van der Waals surface area contributed by atoms with E-state index in [1.807, 2.05) is 49.4 Å². The second kappa shape index (κ2) is 8.89. The Hall–Kier alpha value is -1.79. The van der Waals surface area contributed by atoms with E-state index >= 15 is 0 Å². The number of nitrogens with zero attached hydrogens (tertiary/aromatic N) is 1. The minimum atomic E-state index is -0.577. The lowest BCUT2D eigenvalue weighted by Gasteiger charge is -2.12. The average Bonchev–Trinajstić information content (AvgIpc) is 2.57. The Bertz CT molecular complexity index is 745. The molecule has 0 saturated carbocycles. The van der Waals surface area contributed by atoms with Crippen LogP contribution in [0, 0.1) is 6.92 Å². The maximum absolute atomic E-state index is 11.6. The van der Waals surface area contributed by atoms with Gasteiger partial charge in [-0.1, -0.05) is 51.8 Å². The number of benzene rings is 2. The van der Waals surface area contributed by atoms with Gasteiger partial charge >= 0.3 is 6.09 Å². The Morgan fingerprint density at radius 1 is 1.25 bits per heavy atom. The number of ether oxygens (including phenoxy) is 1. The van der Waals surface area contributed by atoms with Gasteiger partial charge in [-0.25, -0.2) is 10.2 Å². The number of hydrazone groups is 1. The lowest BCUT2D eigenvalue weighted by Crippen LogP contribution is -2.22. The summed E-state index contributed by atoms with van der Waals surface area (Å²) in [6, 6.07) is 13.9. The third-order valence-electron chi connectivity index (χ3n) is 3.35. The van der Waals surface area contributed by atoms with Gasteiger partial charge in [-0.2, -0.15) is 17.7 Å². The number of rotatable bonds is 5. The van der Waals surface area contributed by atoms with Crippen molar-refractivity contribution < 1.29 is 9.53 Å². The Labute approximate surface area is 155 Å². The maximum Gasteiger partial charge on any atom is 0.427 e. The van der Waals surface area contributed by atoms with Crippen molar-refractivity contribution in [2.45, 2.75) is 19.6 Å². The minimum Gasteiger partial charge on any atom is -0.449 e. The van der Waals surface area contributed by atoms with Crippen LogP contribution in [0.25, 0.3) is 0 Å². The van der Waals surface area contributed by atoms with Gasteiger partial charge < -0.3 is 4.74 Å². The van der Waals surface area contributed by atoms with E-state index in [1.54, 1.807) is 6.92 Å². The molecule has 0 aliphatic rings. The third-order valence-corrected chi connectivity index (χ3v) is 4.19. The number of aryl methyl sites for hydroxylation is 1. The van der Waals surface area contributed by atoms with Gasteiger partial charge in [0.2, 0.25) is 0 Å². The molecule has 2 aromatic rings. The van der Waals surface area contributed by atoms with Gasteiger partial charge in [-0.3, -0.25) is 0 Å². The van der Waals surface area contributed by atoms with Crippen LogP contribution in [0.5, 0.6) is 0 Å². The zero-order valence-corrected chi connectivity index (χ0v) is 16.0. The van der Waals surface area contributed by atoms with Crippen LogP contribution >= 0.6 is 28.6 Å². The van der Waals surface area contributed by atoms with E-state index in [0.29, 0.717) is 18.1 Å². The molecule has 6 heteroatoms. The van der Waals surface area contributed by atoms with Crippen molar-refractivity contribution in [1.82, 2.24) is 5.43 Å². The summed E-state index contributed by atoms with van der Waals surface area (Å²) in [5, 5.41) is 4.29. The van der Waals surface area contributed by atoms with Gasteiger partial charge in [-0.05, 0) is 31.5 Å². The molecule has 1 amide bonds. The quantitative estimate of drug-likeness (QED) is 0.429. The fourth-order valence-electron chi connectivity index (χ4n) is 2.18. The molecule has 0 atom stereocenters. The summed E-state index contributed by atoms with van der Waals surface area (Å²) < 4.78 is 5.85. The van der Waals surface area contributed by atoms with Gasteiger partial charge in [0.25, 0.3) is 0 Å². The van der Waals surface area contributed by atoms with Gasteiger partial charge in [0.05, 0.1) is 12.3 Å². The first-order valence-electron chi connectivity index (χ1n) is 7.52. The van der Waals surface area contributed by atoms with Gasteiger partial charge in [0.1, 0.15) is 0 Å². The summed E-state index contributed by atoms with van der Waals surface area (Å²) in [6.07, 6.45) is -0.577. The van der Waals surface area contributed by atoms with Crippen molar-refractivity contribution in [1.29, 1.82) is 0 Å². The van der Waals surface area contributed by atoms with Crippen molar-refractivity contribution in [3.05, 3.63) is 69.2 Å². The number of hydrogen-bond acceptors (Lipinski definition) is 4. The standard InChI is InChI=1S/C18H19BrN2O2S/c1-3-23-18(22)21-20-17(13-6-4-12(2)5-7-13)16-9-8-15(19)10-14(16)11-24/h4-10,24H,3,11H2,1-2H3,(H,21,22). The molecule has 0 aromatic heterocycles. The van der Waals surface area contributed by atoms with Crippen LogP contribution in [0.15, 0.2) is 52.0 Å². The molecule has 0 aliphatic carbocycles. The van der Waals surface area contributed by atoms with Crippen LogP contribution in [-0.4, -0.2) is 18.4 Å². The first-order chi connectivity index (χ1) is 11.5. The van der Waals surface area contributed by atoms with Crippen molar-refractivity contribution in [3.8, 4) is 0 Å². The zero-order valence-electron chi connectivity index (χ0n) is 13.5. The summed E-state index contributed by atoms with van der Waals surface area (Å²) in [5.41, 5.74) is 7.10. The average molecular weight is 407 g/mol. The topological polar surface area (TPSA) is 50.7 Å². The lowest BCUT2D eigenvalue weighted by atomic mass is 9.97. The number of thiol groups is 1. The van der Waals surface area contributed by atoms with E-state index < -0.39 is 6.09 Å². The molecule has 126 valence electrons. The zero-order chi connectivity index (χ0) is 17.5. The molecular weight excluding hydrogens is 388 g/mol. The Kier molecular flexibility index (Phi) is 6.87. The lowest BCUT2D eigenvalue weighted by molar-refractivity contribution is 0.152. The molecular formula is C18H19BrN2O2S. The fourth-order valence-corrected chi connectivity index (χ4v) is 2.85. The summed E-state index contributed by atoms with van der Waals surface area (Å²) >= 11 is 7.88. The van der Waals surface area contributed by atoms with Crippen LogP contribution in [0.1, 0.15) is 29.2 Å². The van der Waals surface area contributed by atoms with E-state index in [0.717, 1.165) is 26.7 Å². The predicted molar refractivity (Wildman–Crippen MR) is 104 cm³/mol. The van der Waals surface area contributed by atoms with Crippen molar-refractivity contribution >= 4 is 40.4 Å². The summed E-state index contributed by atoms with van der Waals surface area (Å²) in [7, 11) is 0. The molecule has 0 aliphatic heterocycles. The van der Waals surface area contributed by atoms with E-state index in [9.17, 15) is 4.79 Å². The van der Waals surface area contributed by atoms with E-state index in [2.05, 4.69) is 39.1 Å². The van der Waals surface area contributed by atoms with Crippen LogP contribution in [0.4, 0.5) is 4.79 Å². The molecule has 0 saturated heterocycles. The second-order valence-electron chi connectivity index (χ2n) is 5.12. The molecule has 0 heterocycles. The second-order valence-corrected chi connectivity index (χ2v) is 6.35. The Balaban J connectivity index is 2.48. The van der Waals surface area contributed by atoms with Crippen molar-refractivity contribution in [3.63, 3.8) is 0 Å². The molecule has 0 fully saturated rings. The van der Waals surface area contributed by atoms with Crippen LogP contribution in [0.2, 0.25) is 0 Å². The molecule has 1 N–H and O–H groups in total. The highest BCUT2D eigenvalue weighted by Gasteiger charge is 2.13. The van der Waals surface area contributed by atoms with E-state index in [1.165, 1.54) is 0 Å². The Morgan fingerprint density at radius 3 is 2.58 bits per heavy atom. The van der Waals surface area contributed by atoms with Crippen molar-refractivity contribution in [2.75, 3.05) is 6.61 Å². The van der Waals surface area contributed by atoms with Crippen molar-refractivity contribution in [2.24, 2.45) is 5.10 Å². The van der Waals surface area contributed by atoms with E-state index in [4.69, 9.17) is 4.74 Å². The summed E-state index contributed by atoms with van der Waals surface area (Å²) in [5.74, 6) is 0.555. The number of carbonyl (C=O) groups excluding carboxylic acids is 1. The monoisotopic (exact) mass is 406 g/mol. The highest BCUT2D eigenvalue weighted by Crippen LogP contribution is 2.22. The summed E-state index contributed by atoms with van der Waals surface area (Å²) in [6.45, 7) is 4.07. The minimum absolute atomic E-state index is 0.293. The maximum atomic E-state index is 11.6. The van der Waals surface area contributed by atoms with Crippen LogP contribution in [-0.2, 0) is 10.5 Å². The molecule has 0 radical (unpaired) electrons.